The Morgan fingerprint density at radius 2 is 0.943 bits per heavy atom. The molecular formula is C82H128N2O19Si2. The van der Waals surface area contributed by atoms with E-state index in [9.17, 15) is 39.6 Å². The minimum atomic E-state index is -2.66. The molecule has 2 heterocycles. The van der Waals surface area contributed by atoms with Crippen LogP contribution in [0, 0.1) is 74.9 Å². The number of nitrogens with zero attached hydrogens (tertiary/aromatic N) is 2. The summed E-state index contributed by atoms with van der Waals surface area (Å²) >= 11 is 0. The predicted octanol–water partition coefficient (Wildman–Crippen LogP) is 10.3. The van der Waals surface area contributed by atoms with Gasteiger partial charge in [0.05, 0.1) is 41.6 Å². The number of benzene rings is 2. The van der Waals surface area contributed by atoms with Crippen molar-refractivity contribution in [1.29, 1.82) is 0 Å². The number of hydrogen-bond acceptors (Lipinski definition) is 21. The molecule has 23 heteroatoms. The molecule has 105 heavy (non-hydrogen) atoms. The lowest BCUT2D eigenvalue weighted by Gasteiger charge is -2.71. The van der Waals surface area contributed by atoms with E-state index in [0.717, 1.165) is 25.9 Å². The van der Waals surface area contributed by atoms with Gasteiger partial charge in [-0.15, -0.1) is 0 Å². The summed E-state index contributed by atoms with van der Waals surface area (Å²) < 4.78 is 72.8. The standard InChI is InChI=1S/C41H63NO9Si.C34H47NO10.C7H18Si/c1-13-38-22-42(14-2)32-29-30(47-9)31(38)40(32,27(46-8)20-23(38)3)26-21-39(51-52(11,12)37(5,6)7)34(49-36(45)25-18-16-15-17-19-25)28(26)41(29,50-24(4)43)33(44)35(39)48-10;1-7-31-16-35(8-2)26-23-24(42-5)25(31)33(26,21(41-4)14-20(31)37)19-15-32(40)28(44-30(39)18-12-10-9-11-13-18)22(19)34(23,45-17(3)36)27(38)29(32)43-6;1-7(2,3)8(4,5)6/h15-19,23,26-35,44H,13-14,20-22H2,1-12H3;9-13,19-29,37-38,40H,7-8,14-16H2,1-6H3;1-6H3/t23-,26+,27+,28?,29?,30?,31?,32?,33+,34-,35+,38?,39-,40?,41-;19-,20+,21-,22?,23?,24?,25?,26?,27-,28+,29-,31?,32+,33?,34+;/m10./s1. The Hall–Kier alpha value is -3.77. The Labute approximate surface area is 626 Å². The SMILES string of the molecule is CC(C)(C)[Si](C)(C)C.CCN1CC2(CC)C3C(OC)C4C1C3([C@@H](OC)C[C@H]2C)[C@H]1C[C@@]2(O[Si](C)(C)C(C)(C)C)[C@H](OC(=O)c3ccccc3)C1[C@]4(OC(C)=O)[C@@H](O)[C@@H]2OC.CCN1CC2(CC)C3C(OC)C4C1C3([C@@H](OC)C[C@H]2O)[C@H]1C[C@@]2(O)[C@H](OC(=O)c3ccccc3)C1[C@]4(OC(C)=O)[C@@H](O)[C@@H]2OC. The molecule has 12 aliphatic rings. The van der Waals surface area contributed by atoms with Gasteiger partial charge in [0, 0.05) is 148 Å². The van der Waals surface area contributed by atoms with Gasteiger partial charge in [-0.25, -0.2) is 9.59 Å². The summed E-state index contributed by atoms with van der Waals surface area (Å²) in [6, 6.07) is 17.2. The zero-order valence-corrected chi connectivity index (χ0v) is 69.4. The van der Waals surface area contributed by atoms with Crippen molar-refractivity contribution in [2.24, 2.45) is 74.9 Å². The molecule has 14 unspecified atom stereocenters. The number of rotatable bonds is 18. The van der Waals surface area contributed by atoms with Crippen molar-refractivity contribution in [1.82, 2.24) is 9.80 Å². The van der Waals surface area contributed by atoms with Crippen LogP contribution in [0.4, 0.5) is 0 Å². The number of fused-ring (bicyclic) bond motifs is 4. The van der Waals surface area contributed by atoms with Gasteiger partial charge in [-0.05, 0) is 116 Å². The molecule has 0 aromatic heterocycles. The van der Waals surface area contributed by atoms with Crippen LogP contribution in [0.25, 0.3) is 0 Å². The second-order valence-electron chi connectivity index (χ2n) is 37.4. The average Bonchev–Trinajstić information content (AvgIpc) is 1.45. The third-order valence-corrected chi connectivity index (χ3v) is 40.7. The van der Waals surface area contributed by atoms with Crippen LogP contribution in [-0.2, 0) is 61.4 Å². The number of hydrogen-bond donors (Lipinski definition) is 4. The van der Waals surface area contributed by atoms with E-state index in [-0.39, 0.29) is 58.9 Å². The van der Waals surface area contributed by atoms with Crippen molar-refractivity contribution < 1.29 is 91.4 Å². The monoisotopic (exact) mass is 1500 g/mol. The molecule has 10 aliphatic carbocycles. The number of carbonyl (C=O) groups is 4. The van der Waals surface area contributed by atoms with Crippen LogP contribution in [0.3, 0.4) is 0 Å². The molecule has 2 aromatic rings. The molecule has 0 amide bonds. The quantitative estimate of drug-likeness (QED) is 0.0615. The first-order valence-corrected chi connectivity index (χ1v) is 45.6. The second kappa shape index (κ2) is 27.6. The first-order chi connectivity index (χ1) is 49.2. The Balaban J connectivity index is 0.000000180. The molecule has 12 fully saturated rings. The van der Waals surface area contributed by atoms with Crippen LogP contribution < -0.4 is 0 Å². The number of likely N-dealkylation sites (tertiary alicyclic amines) is 2. The Bertz CT molecular complexity index is 3530. The summed E-state index contributed by atoms with van der Waals surface area (Å²) in [5.74, 6) is -5.25. The van der Waals surface area contributed by atoms with Gasteiger partial charge in [-0.2, -0.15) is 0 Å². The minimum Gasteiger partial charge on any atom is -0.455 e. The van der Waals surface area contributed by atoms with Crippen molar-refractivity contribution in [3.63, 3.8) is 0 Å². The number of ether oxygens (including phenoxy) is 10. The molecule has 2 spiro atoms. The summed E-state index contributed by atoms with van der Waals surface area (Å²) in [6.07, 6.45) is -5.75. The highest BCUT2D eigenvalue weighted by Crippen LogP contribution is 2.84. The van der Waals surface area contributed by atoms with E-state index < -0.39 is 163 Å². The average molecular weight is 1500 g/mol. The van der Waals surface area contributed by atoms with Crippen molar-refractivity contribution >= 4 is 40.3 Å². The van der Waals surface area contributed by atoms with Gasteiger partial charge in [-0.1, -0.05) is 132 Å². The number of piperidine rings is 2. The zero-order chi connectivity index (χ0) is 77.2. The Kier molecular flexibility index (Phi) is 21.2. The predicted molar refractivity (Wildman–Crippen MR) is 400 cm³/mol. The van der Waals surface area contributed by atoms with Crippen molar-refractivity contribution in [3.05, 3.63) is 71.8 Å². The fourth-order valence-electron chi connectivity index (χ4n) is 25.9. The van der Waals surface area contributed by atoms with Gasteiger partial charge in [0.15, 0.2) is 19.5 Å². The summed E-state index contributed by atoms with van der Waals surface area (Å²) in [5.41, 5.74) is -7.33. The van der Waals surface area contributed by atoms with Crippen molar-refractivity contribution in [2.75, 3.05) is 68.8 Å². The van der Waals surface area contributed by atoms with Gasteiger partial charge in [-0.3, -0.25) is 19.4 Å². The van der Waals surface area contributed by atoms with Crippen molar-refractivity contribution in [3.8, 4) is 0 Å². The fraction of sp³-hybridized carbons (Fsp3) is 0.805. The largest absolute Gasteiger partial charge is 0.455 e. The number of esters is 4. The molecule has 14 bridgehead atoms. The Morgan fingerprint density at radius 1 is 0.533 bits per heavy atom. The maximum absolute atomic E-state index is 14.4. The molecule has 2 aromatic carbocycles. The fourth-order valence-corrected chi connectivity index (χ4v) is 27.5. The first kappa shape index (κ1) is 80.7. The van der Waals surface area contributed by atoms with Gasteiger partial charge in [0.2, 0.25) is 0 Å². The van der Waals surface area contributed by atoms with Gasteiger partial charge >= 0.3 is 23.9 Å². The first-order valence-electron chi connectivity index (χ1n) is 39.2. The van der Waals surface area contributed by atoms with E-state index in [1.54, 1.807) is 70.9 Å². The summed E-state index contributed by atoms with van der Waals surface area (Å²) in [6.45, 7) is 41.9. The molecule has 2 saturated heterocycles. The van der Waals surface area contributed by atoms with Gasteiger partial charge in [0.25, 0.3) is 0 Å². The van der Waals surface area contributed by atoms with Gasteiger partial charge < -0.3 is 72.2 Å². The number of carbonyl (C=O) groups excluding carboxylic acids is 4. The molecule has 14 rings (SSSR count). The van der Waals surface area contributed by atoms with Gasteiger partial charge in [0.1, 0.15) is 47.8 Å². The van der Waals surface area contributed by atoms with E-state index in [0.29, 0.717) is 54.4 Å². The van der Waals surface area contributed by atoms with Crippen LogP contribution in [0.2, 0.25) is 42.8 Å². The molecule has 2 aliphatic heterocycles. The highest BCUT2D eigenvalue weighted by molar-refractivity contribution is 6.78. The summed E-state index contributed by atoms with van der Waals surface area (Å²) in [7, 11) is 6.40. The van der Waals surface area contributed by atoms with E-state index in [1.807, 2.05) is 25.3 Å². The smallest absolute Gasteiger partial charge is 0.338 e. The molecular weight excluding hydrogens is 1370 g/mol. The molecule has 0 radical (unpaired) electrons. The number of aliphatic hydroxyl groups excluding tert-OH is 3. The van der Waals surface area contributed by atoms with E-state index >= 15 is 0 Å². The maximum atomic E-state index is 14.4. The second-order valence-corrected chi connectivity index (χ2v) is 48.1. The number of aliphatic hydroxyl groups is 4. The summed E-state index contributed by atoms with van der Waals surface area (Å²) in [4.78, 5) is 60.0. The minimum absolute atomic E-state index is 0.0341. The summed E-state index contributed by atoms with van der Waals surface area (Å²) in [5, 5.41) is 50.8. The topological polar surface area (TPSA) is 257 Å². The lowest BCUT2D eigenvalue weighted by Crippen LogP contribution is -2.81. The highest BCUT2D eigenvalue weighted by Gasteiger charge is 2.95. The lowest BCUT2D eigenvalue weighted by molar-refractivity contribution is -0.321. The van der Waals surface area contributed by atoms with E-state index in [1.165, 1.54) is 21.0 Å². The van der Waals surface area contributed by atoms with E-state index in [2.05, 4.69) is 119 Å². The normalized spacial score (nSPS) is 45.7. The van der Waals surface area contributed by atoms with Crippen LogP contribution in [0.5, 0.6) is 0 Å². The van der Waals surface area contributed by atoms with Crippen LogP contribution in [0.1, 0.15) is 149 Å². The molecule has 588 valence electrons. The van der Waals surface area contributed by atoms with Crippen LogP contribution in [-0.4, -0.2) is 241 Å². The molecule has 10 saturated carbocycles. The van der Waals surface area contributed by atoms with Crippen LogP contribution >= 0.6 is 0 Å². The molecule has 30 atom stereocenters. The van der Waals surface area contributed by atoms with E-state index in [4.69, 9.17) is 51.8 Å². The highest BCUT2D eigenvalue weighted by atomic mass is 28.4. The maximum Gasteiger partial charge on any atom is 0.338 e. The third-order valence-electron chi connectivity index (χ3n) is 31.7. The number of methoxy groups -OCH3 is 6. The molecule has 4 N–H and O–H groups in total. The zero-order valence-electron chi connectivity index (χ0n) is 67.4. The molecule has 21 nitrogen and oxygen atoms in total. The lowest BCUT2D eigenvalue weighted by atomic mass is 9.40. The third kappa shape index (κ3) is 10.7. The van der Waals surface area contributed by atoms with Crippen LogP contribution in [0.15, 0.2) is 60.7 Å². The van der Waals surface area contributed by atoms with Crippen molar-refractivity contribution in [2.45, 2.75) is 273 Å². The Morgan fingerprint density at radius 3 is 1.34 bits per heavy atom.